The summed E-state index contributed by atoms with van der Waals surface area (Å²) in [5, 5.41) is 4.91. The molecular formula is C15H16BrClN2O2. The number of methoxy groups -OCH3 is 1. The minimum atomic E-state index is -0.0549. The molecular weight excluding hydrogens is 356 g/mol. The number of aryl methyl sites for hydroxylation is 2. The average molecular weight is 372 g/mol. The standard InChI is InChI=1S/C15H16BrClN2O2/c1-4-11-15(16)12(19(2)18-11)8-13(20)10-7-9(17)5-6-14(10)21-3/h5-7H,4,8H2,1-3H3. The highest BCUT2D eigenvalue weighted by Gasteiger charge is 2.19. The van der Waals surface area contributed by atoms with Crippen molar-refractivity contribution in [3.8, 4) is 5.75 Å². The molecule has 2 rings (SSSR count). The number of carbonyl (C=O) groups is 1. The molecule has 0 unspecified atom stereocenters. The van der Waals surface area contributed by atoms with Crippen LogP contribution in [0.4, 0.5) is 0 Å². The van der Waals surface area contributed by atoms with Gasteiger partial charge in [-0.1, -0.05) is 18.5 Å². The van der Waals surface area contributed by atoms with Crippen LogP contribution < -0.4 is 4.74 Å². The largest absolute Gasteiger partial charge is 0.496 e. The first-order valence-corrected chi connectivity index (χ1v) is 7.72. The van der Waals surface area contributed by atoms with Gasteiger partial charge >= 0.3 is 0 Å². The van der Waals surface area contributed by atoms with Gasteiger partial charge in [-0.05, 0) is 40.5 Å². The van der Waals surface area contributed by atoms with Crippen molar-refractivity contribution in [2.75, 3.05) is 7.11 Å². The maximum Gasteiger partial charge on any atom is 0.172 e. The highest BCUT2D eigenvalue weighted by atomic mass is 79.9. The Balaban J connectivity index is 2.34. The maximum absolute atomic E-state index is 12.5. The van der Waals surface area contributed by atoms with Gasteiger partial charge in [-0.2, -0.15) is 5.10 Å². The third-order valence-electron chi connectivity index (χ3n) is 3.29. The summed E-state index contributed by atoms with van der Waals surface area (Å²) in [6, 6.07) is 5.03. The number of hydrogen-bond donors (Lipinski definition) is 0. The topological polar surface area (TPSA) is 44.1 Å². The quantitative estimate of drug-likeness (QED) is 0.750. The zero-order valence-corrected chi connectivity index (χ0v) is 14.5. The second-order valence-corrected chi connectivity index (χ2v) is 5.86. The van der Waals surface area contributed by atoms with Crippen molar-refractivity contribution in [3.63, 3.8) is 0 Å². The molecule has 0 N–H and O–H groups in total. The van der Waals surface area contributed by atoms with Crippen LogP contribution >= 0.6 is 27.5 Å². The Bertz CT molecular complexity index is 683. The molecule has 0 amide bonds. The van der Waals surface area contributed by atoms with Crippen molar-refractivity contribution in [1.29, 1.82) is 0 Å². The molecule has 0 aliphatic rings. The van der Waals surface area contributed by atoms with E-state index in [-0.39, 0.29) is 12.2 Å². The number of hydrogen-bond acceptors (Lipinski definition) is 3. The molecule has 1 heterocycles. The van der Waals surface area contributed by atoms with Crippen molar-refractivity contribution in [2.24, 2.45) is 7.05 Å². The molecule has 0 aliphatic heterocycles. The van der Waals surface area contributed by atoms with E-state index in [0.717, 1.165) is 22.3 Å². The molecule has 0 saturated carbocycles. The molecule has 0 atom stereocenters. The molecule has 1 aromatic heterocycles. The number of ketones is 1. The molecule has 21 heavy (non-hydrogen) atoms. The van der Waals surface area contributed by atoms with Crippen molar-refractivity contribution < 1.29 is 9.53 Å². The van der Waals surface area contributed by atoms with Gasteiger partial charge in [0.2, 0.25) is 0 Å². The van der Waals surface area contributed by atoms with Gasteiger partial charge < -0.3 is 4.74 Å². The van der Waals surface area contributed by atoms with E-state index < -0.39 is 0 Å². The first-order valence-electron chi connectivity index (χ1n) is 6.54. The second-order valence-electron chi connectivity index (χ2n) is 4.63. The fraction of sp³-hybridized carbons (Fsp3) is 0.333. The lowest BCUT2D eigenvalue weighted by Gasteiger charge is -2.08. The molecule has 4 nitrogen and oxygen atoms in total. The van der Waals surface area contributed by atoms with Crippen LogP contribution in [0.5, 0.6) is 5.75 Å². The molecule has 1 aromatic carbocycles. The fourth-order valence-electron chi connectivity index (χ4n) is 2.16. The number of nitrogens with zero attached hydrogens (tertiary/aromatic N) is 2. The molecule has 0 radical (unpaired) electrons. The number of Topliss-reactive ketones (excluding diaryl/α,β-unsaturated/α-hetero) is 1. The smallest absolute Gasteiger partial charge is 0.172 e. The van der Waals surface area contributed by atoms with Gasteiger partial charge in [0.1, 0.15) is 5.75 Å². The van der Waals surface area contributed by atoms with Gasteiger partial charge in [-0.15, -0.1) is 0 Å². The Morgan fingerprint density at radius 3 is 2.76 bits per heavy atom. The molecule has 0 spiro atoms. The third-order valence-corrected chi connectivity index (χ3v) is 4.44. The molecule has 0 aliphatic carbocycles. The Labute approximate surface area is 137 Å². The van der Waals surface area contributed by atoms with Crippen molar-refractivity contribution in [2.45, 2.75) is 19.8 Å². The molecule has 0 saturated heterocycles. The number of halogens is 2. The van der Waals surface area contributed by atoms with Crippen LogP contribution in [-0.4, -0.2) is 22.7 Å². The summed E-state index contributed by atoms with van der Waals surface area (Å²) in [6.07, 6.45) is 1.05. The van der Waals surface area contributed by atoms with Crippen molar-refractivity contribution in [1.82, 2.24) is 9.78 Å². The normalized spacial score (nSPS) is 10.7. The lowest BCUT2D eigenvalue weighted by molar-refractivity contribution is 0.0987. The van der Waals surface area contributed by atoms with E-state index in [1.807, 2.05) is 14.0 Å². The Kier molecular flexibility index (Phi) is 5.06. The maximum atomic E-state index is 12.5. The van der Waals surface area contributed by atoms with Crippen LogP contribution in [0.2, 0.25) is 5.02 Å². The number of aromatic nitrogens is 2. The summed E-state index contributed by atoms with van der Waals surface area (Å²) in [7, 11) is 3.37. The fourth-order valence-corrected chi connectivity index (χ4v) is 3.09. The highest BCUT2D eigenvalue weighted by molar-refractivity contribution is 9.10. The van der Waals surface area contributed by atoms with E-state index >= 15 is 0 Å². The molecule has 112 valence electrons. The first-order chi connectivity index (χ1) is 9.97. The van der Waals surface area contributed by atoms with Gasteiger partial charge in [-0.25, -0.2) is 0 Å². The van der Waals surface area contributed by atoms with Crippen molar-refractivity contribution in [3.05, 3.63) is 44.6 Å². The minimum Gasteiger partial charge on any atom is -0.496 e. The van der Waals surface area contributed by atoms with Gasteiger partial charge in [0, 0.05) is 12.1 Å². The van der Waals surface area contributed by atoms with E-state index in [9.17, 15) is 4.79 Å². The first kappa shape index (κ1) is 16.0. The molecule has 2 aromatic rings. The minimum absolute atomic E-state index is 0.0549. The van der Waals surface area contributed by atoms with Gasteiger partial charge in [-0.3, -0.25) is 9.48 Å². The van der Waals surface area contributed by atoms with Crippen LogP contribution in [0, 0.1) is 0 Å². The summed E-state index contributed by atoms with van der Waals surface area (Å²) in [5.74, 6) is 0.471. The predicted molar refractivity (Wildman–Crippen MR) is 86.3 cm³/mol. The summed E-state index contributed by atoms with van der Waals surface area (Å²) in [5.41, 5.74) is 2.27. The average Bonchev–Trinajstić information content (AvgIpc) is 2.74. The molecule has 0 bridgehead atoms. The third kappa shape index (κ3) is 3.30. The van der Waals surface area contributed by atoms with E-state index in [1.54, 1.807) is 22.9 Å². The molecule has 6 heteroatoms. The lowest BCUT2D eigenvalue weighted by atomic mass is 10.1. The number of rotatable bonds is 5. The summed E-state index contributed by atoms with van der Waals surface area (Å²) < 4.78 is 7.86. The van der Waals surface area contributed by atoms with Crippen LogP contribution in [0.1, 0.15) is 28.7 Å². The van der Waals surface area contributed by atoms with Crippen LogP contribution in [0.15, 0.2) is 22.7 Å². The summed E-state index contributed by atoms with van der Waals surface area (Å²) in [6.45, 7) is 2.03. The second kappa shape index (κ2) is 6.62. The zero-order valence-electron chi connectivity index (χ0n) is 12.1. The Morgan fingerprint density at radius 1 is 1.48 bits per heavy atom. The van der Waals surface area contributed by atoms with E-state index in [2.05, 4.69) is 21.0 Å². The number of benzene rings is 1. The summed E-state index contributed by atoms with van der Waals surface area (Å²) >= 11 is 9.50. The monoisotopic (exact) mass is 370 g/mol. The Morgan fingerprint density at radius 2 is 2.19 bits per heavy atom. The highest BCUT2D eigenvalue weighted by Crippen LogP contribution is 2.27. The Hall–Kier alpha value is -1.33. The van der Waals surface area contributed by atoms with Crippen LogP contribution in [0.25, 0.3) is 0 Å². The number of ether oxygens (including phenoxy) is 1. The van der Waals surface area contributed by atoms with Gasteiger partial charge in [0.15, 0.2) is 5.78 Å². The SMILES string of the molecule is CCc1nn(C)c(CC(=O)c2cc(Cl)ccc2OC)c1Br. The molecule has 0 fully saturated rings. The van der Waals surface area contributed by atoms with Crippen molar-refractivity contribution >= 4 is 33.3 Å². The van der Waals surface area contributed by atoms with Crippen LogP contribution in [-0.2, 0) is 19.9 Å². The zero-order chi connectivity index (χ0) is 15.6. The van der Waals surface area contributed by atoms with Gasteiger partial charge in [0.05, 0.1) is 35.0 Å². The van der Waals surface area contributed by atoms with Gasteiger partial charge in [0.25, 0.3) is 0 Å². The summed E-state index contributed by atoms with van der Waals surface area (Å²) in [4.78, 5) is 12.5. The van der Waals surface area contributed by atoms with E-state index in [4.69, 9.17) is 16.3 Å². The van der Waals surface area contributed by atoms with E-state index in [1.165, 1.54) is 7.11 Å². The lowest BCUT2D eigenvalue weighted by Crippen LogP contribution is -2.09. The van der Waals surface area contributed by atoms with Crippen LogP contribution in [0.3, 0.4) is 0 Å². The number of carbonyl (C=O) groups excluding carboxylic acids is 1. The predicted octanol–water partition coefficient (Wildman–Crippen LogP) is 3.83. The van der Waals surface area contributed by atoms with E-state index in [0.29, 0.717) is 16.3 Å².